The van der Waals surface area contributed by atoms with Gasteiger partial charge in [-0.05, 0) is 26.2 Å². The summed E-state index contributed by atoms with van der Waals surface area (Å²) in [4.78, 5) is 13.6. The molecule has 0 aliphatic carbocycles. The van der Waals surface area contributed by atoms with E-state index in [0.717, 1.165) is 0 Å². The highest BCUT2D eigenvalue weighted by Crippen LogP contribution is 2.31. The number of carbonyl (C=O) groups is 1. The van der Waals surface area contributed by atoms with Crippen LogP contribution in [0.1, 0.15) is 10.4 Å². The Morgan fingerprint density at radius 1 is 1.28 bits per heavy atom. The molecule has 0 bridgehead atoms. The maximum atomic E-state index is 12.0. The van der Waals surface area contributed by atoms with Crippen LogP contribution >= 0.6 is 46.4 Å². The van der Waals surface area contributed by atoms with Crippen molar-refractivity contribution in [2.24, 2.45) is 0 Å². The van der Waals surface area contributed by atoms with Gasteiger partial charge in [-0.25, -0.2) is 0 Å². The third-order valence-corrected chi connectivity index (χ3v) is 3.16. The van der Waals surface area contributed by atoms with Crippen molar-refractivity contribution in [3.05, 3.63) is 34.9 Å². The number of nitrogens with one attached hydrogen (secondary N) is 1. The maximum Gasteiger partial charge on any atom is 0.254 e. The van der Waals surface area contributed by atoms with Crippen LogP contribution in [-0.2, 0) is 0 Å². The Kier molecular flexibility index (Phi) is 5.56. The lowest BCUT2D eigenvalue weighted by atomic mass is 10.2. The van der Waals surface area contributed by atoms with Gasteiger partial charge < -0.3 is 5.32 Å². The first-order valence-electron chi connectivity index (χ1n) is 5.02. The smallest absolute Gasteiger partial charge is 0.254 e. The van der Waals surface area contributed by atoms with E-state index in [-0.39, 0.29) is 0 Å². The minimum atomic E-state index is -1.64. The van der Waals surface area contributed by atoms with Gasteiger partial charge in [0, 0.05) is 0 Å². The van der Waals surface area contributed by atoms with Gasteiger partial charge in [0.25, 0.3) is 5.91 Å². The lowest BCUT2D eigenvalue weighted by molar-refractivity contribution is 0.0892. The van der Waals surface area contributed by atoms with E-state index in [1.165, 1.54) is 0 Å². The second-order valence-electron chi connectivity index (χ2n) is 3.86. The largest absolute Gasteiger partial charge is 0.332 e. The molecule has 7 heteroatoms. The molecule has 0 fully saturated rings. The molecule has 0 aromatic heterocycles. The molecule has 0 saturated heterocycles. The monoisotopic (exact) mass is 328 g/mol. The highest BCUT2D eigenvalue weighted by Gasteiger charge is 2.35. The molecule has 0 aliphatic rings. The van der Waals surface area contributed by atoms with Gasteiger partial charge >= 0.3 is 0 Å². The summed E-state index contributed by atoms with van der Waals surface area (Å²) in [6.45, 7) is 0. The molecule has 1 rings (SSSR count). The summed E-state index contributed by atoms with van der Waals surface area (Å²) in [6, 6.07) is 6.66. The van der Waals surface area contributed by atoms with E-state index in [4.69, 9.17) is 46.4 Å². The van der Waals surface area contributed by atoms with Crippen LogP contribution < -0.4 is 5.32 Å². The standard InChI is InChI=1S/C11H12Cl4N2O/c1-17(2)10(11(13,14)15)16-9(18)7-5-3-4-6-8(7)12/h3-6,10H,1-2H3,(H,16,18)/t10-/m1/s1. The van der Waals surface area contributed by atoms with Crippen LogP contribution in [0.25, 0.3) is 0 Å². The molecular weight excluding hydrogens is 318 g/mol. The van der Waals surface area contributed by atoms with Gasteiger partial charge in [-0.2, -0.15) is 0 Å². The molecular formula is C11H12Cl4N2O. The number of hydrogen-bond donors (Lipinski definition) is 1. The van der Waals surface area contributed by atoms with Crippen LogP contribution in [0.5, 0.6) is 0 Å². The van der Waals surface area contributed by atoms with Crippen molar-refractivity contribution >= 4 is 52.3 Å². The van der Waals surface area contributed by atoms with Crippen LogP contribution in [-0.4, -0.2) is 34.9 Å². The highest BCUT2D eigenvalue weighted by atomic mass is 35.6. The van der Waals surface area contributed by atoms with Crippen LogP contribution in [0.4, 0.5) is 0 Å². The Balaban J connectivity index is 2.90. The van der Waals surface area contributed by atoms with E-state index < -0.39 is 15.9 Å². The van der Waals surface area contributed by atoms with Crippen molar-refractivity contribution in [3.63, 3.8) is 0 Å². The third-order valence-electron chi connectivity index (χ3n) is 2.21. The summed E-state index contributed by atoms with van der Waals surface area (Å²) >= 11 is 23.3. The van der Waals surface area contributed by atoms with Crippen molar-refractivity contribution in [1.82, 2.24) is 10.2 Å². The lowest BCUT2D eigenvalue weighted by Crippen LogP contribution is -2.52. The van der Waals surface area contributed by atoms with Gasteiger partial charge in [0.15, 0.2) is 0 Å². The molecule has 0 aliphatic heterocycles. The van der Waals surface area contributed by atoms with E-state index in [9.17, 15) is 4.79 Å². The molecule has 1 amide bonds. The quantitative estimate of drug-likeness (QED) is 0.681. The number of alkyl halides is 3. The maximum absolute atomic E-state index is 12.0. The summed E-state index contributed by atoms with van der Waals surface area (Å²) in [5, 5.41) is 2.96. The average molecular weight is 330 g/mol. The summed E-state index contributed by atoms with van der Waals surface area (Å²) in [6.07, 6.45) is -0.758. The molecule has 0 spiro atoms. The van der Waals surface area contributed by atoms with Gasteiger partial charge in [0.05, 0.1) is 10.6 Å². The van der Waals surface area contributed by atoms with Crippen LogP contribution in [0, 0.1) is 0 Å². The molecule has 0 radical (unpaired) electrons. The Labute approximate surface area is 126 Å². The number of nitrogens with zero attached hydrogens (tertiary/aromatic N) is 1. The number of carbonyl (C=O) groups excluding carboxylic acids is 1. The first kappa shape index (κ1) is 15.9. The van der Waals surface area contributed by atoms with E-state index >= 15 is 0 Å². The molecule has 0 saturated carbocycles. The SMILES string of the molecule is CN(C)[C@@H](NC(=O)c1ccccc1Cl)C(Cl)(Cl)Cl. The molecule has 1 aromatic rings. The average Bonchev–Trinajstić information content (AvgIpc) is 2.24. The van der Waals surface area contributed by atoms with Crippen molar-refractivity contribution in [2.75, 3.05) is 14.1 Å². The highest BCUT2D eigenvalue weighted by molar-refractivity contribution is 6.68. The predicted octanol–water partition coefficient (Wildman–Crippen LogP) is 3.33. The van der Waals surface area contributed by atoms with Crippen LogP contribution in [0.3, 0.4) is 0 Å². The van der Waals surface area contributed by atoms with E-state index in [1.807, 2.05) is 0 Å². The Morgan fingerprint density at radius 2 is 1.83 bits per heavy atom. The summed E-state index contributed by atoms with van der Waals surface area (Å²) < 4.78 is -1.64. The number of amides is 1. The zero-order chi connectivity index (χ0) is 13.9. The zero-order valence-corrected chi connectivity index (χ0v) is 12.8. The van der Waals surface area contributed by atoms with Crippen LogP contribution in [0.15, 0.2) is 24.3 Å². The molecule has 18 heavy (non-hydrogen) atoms. The Hall–Kier alpha value is -0.190. The first-order valence-corrected chi connectivity index (χ1v) is 6.53. The minimum absolute atomic E-state index is 0.334. The molecule has 1 N–H and O–H groups in total. The number of rotatable bonds is 3. The molecule has 3 nitrogen and oxygen atoms in total. The van der Waals surface area contributed by atoms with Gasteiger partial charge in [0.1, 0.15) is 6.17 Å². The van der Waals surface area contributed by atoms with E-state index in [1.54, 1.807) is 43.3 Å². The Bertz CT molecular complexity index is 431. The number of hydrogen-bond acceptors (Lipinski definition) is 2. The van der Waals surface area contributed by atoms with E-state index in [2.05, 4.69) is 5.32 Å². The first-order chi connectivity index (χ1) is 8.23. The second-order valence-corrected chi connectivity index (χ2v) is 6.64. The van der Waals surface area contributed by atoms with Crippen molar-refractivity contribution in [3.8, 4) is 0 Å². The molecule has 0 unspecified atom stereocenters. The Morgan fingerprint density at radius 3 is 2.28 bits per heavy atom. The molecule has 1 atom stereocenters. The van der Waals surface area contributed by atoms with Crippen molar-refractivity contribution in [1.29, 1.82) is 0 Å². The second kappa shape index (κ2) is 6.31. The lowest BCUT2D eigenvalue weighted by Gasteiger charge is -2.31. The number of halogens is 4. The van der Waals surface area contributed by atoms with Gasteiger partial charge in [-0.1, -0.05) is 58.5 Å². The summed E-state index contributed by atoms with van der Waals surface area (Å²) in [5.74, 6) is -0.398. The van der Waals surface area contributed by atoms with Gasteiger partial charge in [0.2, 0.25) is 3.79 Å². The van der Waals surface area contributed by atoms with E-state index in [0.29, 0.717) is 10.6 Å². The fourth-order valence-corrected chi connectivity index (χ4v) is 2.32. The summed E-state index contributed by atoms with van der Waals surface area (Å²) in [7, 11) is 3.39. The molecule has 0 heterocycles. The predicted molar refractivity (Wildman–Crippen MR) is 76.7 cm³/mol. The fourth-order valence-electron chi connectivity index (χ4n) is 1.35. The van der Waals surface area contributed by atoms with Gasteiger partial charge in [-0.3, -0.25) is 9.69 Å². The van der Waals surface area contributed by atoms with Crippen molar-refractivity contribution < 1.29 is 4.79 Å². The zero-order valence-electron chi connectivity index (χ0n) is 9.75. The minimum Gasteiger partial charge on any atom is -0.332 e. The normalized spacial score (nSPS) is 13.5. The van der Waals surface area contributed by atoms with Crippen molar-refractivity contribution in [2.45, 2.75) is 9.96 Å². The topological polar surface area (TPSA) is 32.3 Å². The molecule has 100 valence electrons. The third kappa shape index (κ3) is 4.18. The fraction of sp³-hybridized carbons (Fsp3) is 0.364. The van der Waals surface area contributed by atoms with Gasteiger partial charge in [-0.15, -0.1) is 0 Å². The van der Waals surface area contributed by atoms with Crippen LogP contribution in [0.2, 0.25) is 5.02 Å². The number of benzene rings is 1. The molecule has 1 aromatic carbocycles. The summed E-state index contributed by atoms with van der Waals surface area (Å²) in [5.41, 5.74) is 0.334.